The summed E-state index contributed by atoms with van der Waals surface area (Å²) >= 11 is 7.38. The van der Waals surface area contributed by atoms with Crippen LogP contribution in [0, 0.1) is 12.8 Å². The summed E-state index contributed by atoms with van der Waals surface area (Å²) in [6.45, 7) is 2.82. The molecule has 0 atom stereocenters. The van der Waals surface area contributed by atoms with Gasteiger partial charge in [-0.1, -0.05) is 35.1 Å². The van der Waals surface area contributed by atoms with Gasteiger partial charge in [0, 0.05) is 24.0 Å². The second kappa shape index (κ2) is 9.73. The number of halogens is 1. The summed E-state index contributed by atoms with van der Waals surface area (Å²) in [5.74, 6) is 0.286. The molecule has 5 rings (SSSR count). The van der Waals surface area contributed by atoms with E-state index in [1.54, 1.807) is 29.4 Å². The van der Waals surface area contributed by atoms with Crippen LogP contribution >= 0.6 is 22.9 Å². The lowest BCUT2D eigenvalue weighted by atomic mass is 9.96. The van der Waals surface area contributed by atoms with Crippen molar-refractivity contribution in [2.45, 2.75) is 31.2 Å². The minimum Gasteiger partial charge on any atom is -0.467 e. The van der Waals surface area contributed by atoms with Crippen LogP contribution in [0.25, 0.3) is 10.2 Å². The number of aromatic nitrogens is 1. The van der Waals surface area contributed by atoms with Crippen LogP contribution in [-0.2, 0) is 21.4 Å². The van der Waals surface area contributed by atoms with E-state index in [0.717, 1.165) is 15.8 Å². The number of para-hydroxylation sites is 1. The number of sulfonamides is 1. The fraction of sp³-hybridized carbons (Fsp3) is 0.280. The Bertz CT molecular complexity index is 1440. The zero-order valence-corrected chi connectivity index (χ0v) is 21.4. The first-order chi connectivity index (χ1) is 16.8. The van der Waals surface area contributed by atoms with Crippen LogP contribution in [0.1, 0.15) is 24.2 Å². The quantitative estimate of drug-likeness (QED) is 0.330. The Morgan fingerprint density at radius 1 is 1.14 bits per heavy atom. The number of thiazole rings is 1. The van der Waals surface area contributed by atoms with Gasteiger partial charge in [-0.25, -0.2) is 13.4 Å². The number of rotatable bonds is 6. The van der Waals surface area contributed by atoms with E-state index in [1.165, 1.54) is 27.8 Å². The van der Waals surface area contributed by atoms with Crippen molar-refractivity contribution in [3.8, 4) is 0 Å². The molecule has 3 heterocycles. The molecular weight excluding hydrogens is 506 g/mol. The lowest BCUT2D eigenvalue weighted by molar-refractivity contribution is -0.123. The van der Waals surface area contributed by atoms with E-state index in [9.17, 15) is 13.2 Å². The molecule has 0 unspecified atom stereocenters. The Hall–Kier alpha value is -2.72. The fourth-order valence-corrected chi connectivity index (χ4v) is 6.95. The predicted octanol–water partition coefficient (Wildman–Crippen LogP) is 5.49. The van der Waals surface area contributed by atoms with Gasteiger partial charge in [-0.05, 0) is 67.8 Å². The second-order valence-corrected chi connectivity index (χ2v) is 11.9. The molecule has 4 aromatic rings. The minimum atomic E-state index is -3.64. The molecule has 7 nitrogen and oxygen atoms in total. The highest BCUT2D eigenvalue weighted by atomic mass is 35.5. The van der Waals surface area contributed by atoms with Gasteiger partial charge < -0.3 is 4.42 Å². The average Bonchev–Trinajstić information content (AvgIpc) is 3.53. The lowest BCUT2D eigenvalue weighted by Gasteiger charge is -2.32. The Balaban J connectivity index is 1.36. The molecule has 0 aliphatic carbocycles. The number of hydrogen-bond donors (Lipinski definition) is 0. The van der Waals surface area contributed by atoms with Crippen LogP contribution in [0.4, 0.5) is 5.13 Å². The Kier molecular flexibility index (Phi) is 6.67. The Morgan fingerprint density at radius 3 is 2.54 bits per heavy atom. The van der Waals surface area contributed by atoms with Gasteiger partial charge in [-0.3, -0.25) is 9.69 Å². The largest absolute Gasteiger partial charge is 0.467 e. The molecule has 1 saturated heterocycles. The number of carbonyl (C=O) groups is 1. The zero-order valence-electron chi connectivity index (χ0n) is 19.1. The minimum absolute atomic E-state index is 0.0679. The van der Waals surface area contributed by atoms with Crippen LogP contribution < -0.4 is 4.90 Å². The standard InChI is InChI=1S/C25H24ClN3O4S2/c1-17-4-2-6-22-23(17)27-25(34-22)29(16-20-5-3-15-33-20)24(30)18-11-13-28(14-12-18)35(31,32)21-9-7-19(26)8-10-21/h2-10,15,18H,11-14,16H2,1H3. The maximum Gasteiger partial charge on any atom is 0.243 e. The topological polar surface area (TPSA) is 83.7 Å². The van der Waals surface area contributed by atoms with E-state index in [1.807, 2.05) is 31.2 Å². The molecule has 2 aromatic heterocycles. The van der Waals surface area contributed by atoms with E-state index in [0.29, 0.717) is 28.8 Å². The maximum atomic E-state index is 13.7. The van der Waals surface area contributed by atoms with Gasteiger partial charge in [0.2, 0.25) is 15.9 Å². The monoisotopic (exact) mass is 529 g/mol. The molecule has 1 aliphatic rings. The predicted molar refractivity (Wildman–Crippen MR) is 137 cm³/mol. The summed E-state index contributed by atoms with van der Waals surface area (Å²) in [4.78, 5) is 20.4. The van der Waals surface area contributed by atoms with Crippen molar-refractivity contribution in [2.24, 2.45) is 5.92 Å². The molecule has 2 aromatic carbocycles. The molecular formula is C25H24ClN3O4S2. The number of piperidine rings is 1. The van der Waals surface area contributed by atoms with Gasteiger partial charge in [0.1, 0.15) is 5.76 Å². The van der Waals surface area contributed by atoms with Crippen molar-refractivity contribution < 1.29 is 17.6 Å². The molecule has 1 fully saturated rings. The third kappa shape index (κ3) is 4.86. The number of anilines is 1. The summed E-state index contributed by atoms with van der Waals surface area (Å²) < 4.78 is 34.1. The molecule has 0 N–H and O–H groups in total. The van der Waals surface area contributed by atoms with Crippen molar-refractivity contribution in [1.29, 1.82) is 0 Å². The molecule has 1 amide bonds. The van der Waals surface area contributed by atoms with Crippen molar-refractivity contribution >= 4 is 54.2 Å². The van der Waals surface area contributed by atoms with Gasteiger partial charge >= 0.3 is 0 Å². The summed E-state index contributed by atoms with van der Waals surface area (Å²) in [5.41, 5.74) is 1.93. The Labute approximate surface area is 213 Å². The first kappa shape index (κ1) is 24.0. The van der Waals surface area contributed by atoms with Crippen molar-refractivity contribution in [3.63, 3.8) is 0 Å². The average molecular weight is 530 g/mol. The van der Waals surface area contributed by atoms with E-state index in [2.05, 4.69) is 0 Å². The summed E-state index contributed by atoms with van der Waals surface area (Å²) in [6, 6.07) is 15.8. The van der Waals surface area contributed by atoms with Crippen LogP contribution in [0.15, 0.2) is 70.2 Å². The highest BCUT2D eigenvalue weighted by Crippen LogP contribution is 2.34. The van der Waals surface area contributed by atoms with Gasteiger partial charge in [0.25, 0.3) is 0 Å². The number of hydrogen-bond acceptors (Lipinski definition) is 6. The number of fused-ring (bicyclic) bond motifs is 1. The number of amides is 1. The van der Waals surface area contributed by atoms with Gasteiger partial charge in [0.15, 0.2) is 5.13 Å². The third-order valence-corrected chi connectivity index (χ3v) is 9.46. The molecule has 0 saturated carbocycles. The third-order valence-electron chi connectivity index (χ3n) is 6.25. The fourth-order valence-electron chi connectivity index (χ4n) is 4.31. The van der Waals surface area contributed by atoms with Gasteiger partial charge in [-0.2, -0.15) is 4.31 Å². The normalized spacial score (nSPS) is 15.5. The maximum absolute atomic E-state index is 13.7. The summed E-state index contributed by atoms with van der Waals surface area (Å²) in [7, 11) is -3.64. The van der Waals surface area contributed by atoms with Crippen LogP contribution in [0.2, 0.25) is 5.02 Å². The van der Waals surface area contributed by atoms with Crippen LogP contribution in [0.5, 0.6) is 0 Å². The van der Waals surface area contributed by atoms with E-state index in [-0.39, 0.29) is 36.4 Å². The summed E-state index contributed by atoms with van der Waals surface area (Å²) in [6.07, 6.45) is 2.45. The highest BCUT2D eigenvalue weighted by Gasteiger charge is 2.35. The number of nitrogens with zero attached hydrogens (tertiary/aromatic N) is 3. The van der Waals surface area contributed by atoms with Gasteiger partial charge in [-0.15, -0.1) is 0 Å². The Morgan fingerprint density at radius 2 is 1.89 bits per heavy atom. The van der Waals surface area contributed by atoms with Gasteiger partial charge in [0.05, 0.1) is 27.9 Å². The lowest BCUT2D eigenvalue weighted by Crippen LogP contribution is -2.44. The number of aryl methyl sites for hydroxylation is 1. The molecule has 0 bridgehead atoms. The molecule has 35 heavy (non-hydrogen) atoms. The molecule has 182 valence electrons. The zero-order chi connectivity index (χ0) is 24.6. The van der Waals surface area contributed by atoms with E-state index < -0.39 is 10.0 Å². The highest BCUT2D eigenvalue weighted by molar-refractivity contribution is 7.89. The molecule has 10 heteroatoms. The first-order valence-corrected chi connectivity index (χ1v) is 13.9. The van der Waals surface area contributed by atoms with Crippen molar-refractivity contribution in [1.82, 2.24) is 9.29 Å². The number of benzene rings is 2. The molecule has 0 spiro atoms. The van der Waals surface area contributed by atoms with E-state index in [4.69, 9.17) is 21.0 Å². The first-order valence-electron chi connectivity index (χ1n) is 11.3. The van der Waals surface area contributed by atoms with Crippen LogP contribution in [0.3, 0.4) is 0 Å². The number of furan rings is 1. The summed E-state index contributed by atoms with van der Waals surface area (Å²) in [5, 5.41) is 1.10. The molecule has 0 radical (unpaired) electrons. The van der Waals surface area contributed by atoms with E-state index >= 15 is 0 Å². The van der Waals surface area contributed by atoms with Crippen molar-refractivity contribution in [3.05, 3.63) is 77.2 Å². The SMILES string of the molecule is Cc1cccc2sc(N(Cc3ccco3)C(=O)C3CCN(S(=O)(=O)c4ccc(Cl)cc4)CC3)nc12. The van der Waals surface area contributed by atoms with Crippen molar-refractivity contribution in [2.75, 3.05) is 18.0 Å². The smallest absolute Gasteiger partial charge is 0.243 e. The second-order valence-electron chi connectivity index (χ2n) is 8.55. The molecule has 1 aliphatic heterocycles. The van der Waals surface area contributed by atoms with Crippen LogP contribution in [-0.4, -0.2) is 36.7 Å². The number of carbonyl (C=O) groups excluding carboxylic acids is 1.